The summed E-state index contributed by atoms with van der Waals surface area (Å²) in [6.45, 7) is 2.24. The van der Waals surface area contributed by atoms with Gasteiger partial charge >= 0.3 is 0 Å². The Balaban J connectivity index is 1.82. The second-order valence-corrected chi connectivity index (χ2v) is 4.48. The van der Waals surface area contributed by atoms with Crippen LogP contribution >= 0.6 is 0 Å². The van der Waals surface area contributed by atoms with Gasteiger partial charge in [0.25, 0.3) is 0 Å². The fourth-order valence-corrected chi connectivity index (χ4v) is 2.58. The molecule has 0 aromatic rings. The van der Waals surface area contributed by atoms with Crippen molar-refractivity contribution in [2.24, 2.45) is 17.6 Å². The summed E-state index contributed by atoms with van der Waals surface area (Å²) in [5, 5.41) is 0. The van der Waals surface area contributed by atoms with Crippen molar-refractivity contribution >= 4 is 0 Å². The van der Waals surface area contributed by atoms with Gasteiger partial charge in [0.1, 0.15) is 0 Å². The zero-order valence-corrected chi connectivity index (χ0v) is 7.47. The molecule has 0 bridgehead atoms. The SMILES string of the molecule is CCCC1(N)CC1C1CCC1. The molecule has 2 fully saturated rings. The zero-order valence-electron chi connectivity index (χ0n) is 7.47. The highest BCUT2D eigenvalue weighted by molar-refractivity contribution is 5.10. The van der Waals surface area contributed by atoms with Crippen LogP contribution in [0.25, 0.3) is 0 Å². The Labute approximate surface area is 69.4 Å². The van der Waals surface area contributed by atoms with Gasteiger partial charge in [-0.1, -0.05) is 32.6 Å². The van der Waals surface area contributed by atoms with Crippen LogP contribution in [0, 0.1) is 11.8 Å². The third-order valence-electron chi connectivity index (χ3n) is 3.61. The first-order valence-electron chi connectivity index (χ1n) is 5.05. The monoisotopic (exact) mass is 153 g/mol. The van der Waals surface area contributed by atoms with Crippen LogP contribution in [0.3, 0.4) is 0 Å². The highest BCUT2D eigenvalue weighted by Gasteiger charge is 2.54. The summed E-state index contributed by atoms with van der Waals surface area (Å²) in [6.07, 6.45) is 8.24. The highest BCUT2D eigenvalue weighted by Crippen LogP contribution is 2.54. The van der Waals surface area contributed by atoms with Gasteiger partial charge in [0.15, 0.2) is 0 Å². The van der Waals surface area contributed by atoms with E-state index in [1.807, 2.05) is 0 Å². The molecule has 2 N–H and O–H groups in total. The molecule has 0 aromatic heterocycles. The third kappa shape index (κ3) is 1.20. The normalized spacial score (nSPS) is 43.6. The Kier molecular flexibility index (Phi) is 1.71. The molecule has 1 nitrogen and oxygen atoms in total. The predicted molar refractivity (Wildman–Crippen MR) is 47.3 cm³/mol. The summed E-state index contributed by atoms with van der Waals surface area (Å²) in [6, 6.07) is 0. The summed E-state index contributed by atoms with van der Waals surface area (Å²) in [5.74, 6) is 1.93. The van der Waals surface area contributed by atoms with E-state index >= 15 is 0 Å². The summed E-state index contributed by atoms with van der Waals surface area (Å²) in [4.78, 5) is 0. The van der Waals surface area contributed by atoms with Crippen molar-refractivity contribution in [2.75, 3.05) is 0 Å². The van der Waals surface area contributed by atoms with Crippen LogP contribution in [0.5, 0.6) is 0 Å². The largest absolute Gasteiger partial charge is 0.325 e. The molecule has 0 spiro atoms. The Hall–Kier alpha value is -0.0400. The van der Waals surface area contributed by atoms with Crippen LogP contribution in [0.2, 0.25) is 0 Å². The Bertz CT molecular complexity index is 151. The lowest BCUT2D eigenvalue weighted by Crippen LogP contribution is -2.29. The molecule has 2 aliphatic carbocycles. The minimum Gasteiger partial charge on any atom is -0.325 e. The van der Waals surface area contributed by atoms with E-state index in [-0.39, 0.29) is 0 Å². The molecule has 0 aromatic carbocycles. The molecule has 2 unspecified atom stereocenters. The maximum atomic E-state index is 6.21. The minimum absolute atomic E-state index is 0.292. The predicted octanol–water partition coefficient (Wildman–Crippen LogP) is 2.30. The van der Waals surface area contributed by atoms with Crippen LogP contribution < -0.4 is 5.73 Å². The first-order chi connectivity index (χ1) is 5.26. The highest BCUT2D eigenvalue weighted by atomic mass is 14.9. The molecule has 0 aliphatic heterocycles. The smallest absolute Gasteiger partial charge is 0.0189 e. The lowest BCUT2D eigenvalue weighted by molar-refractivity contribution is 0.255. The van der Waals surface area contributed by atoms with Crippen molar-refractivity contribution in [2.45, 2.75) is 51.0 Å². The molecule has 0 saturated heterocycles. The van der Waals surface area contributed by atoms with E-state index in [0.717, 1.165) is 11.8 Å². The second-order valence-electron chi connectivity index (χ2n) is 4.48. The van der Waals surface area contributed by atoms with Gasteiger partial charge < -0.3 is 5.73 Å². The molecule has 64 valence electrons. The molecule has 11 heavy (non-hydrogen) atoms. The molecular formula is C10H19N. The summed E-state index contributed by atoms with van der Waals surface area (Å²) in [7, 11) is 0. The van der Waals surface area contributed by atoms with E-state index in [0.29, 0.717) is 5.54 Å². The molecule has 0 heterocycles. The van der Waals surface area contributed by atoms with E-state index in [1.54, 1.807) is 0 Å². The zero-order chi connectivity index (χ0) is 7.90. The van der Waals surface area contributed by atoms with Crippen molar-refractivity contribution in [3.63, 3.8) is 0 Å². The third-order valence-corrected chi connectivity index (χ3v) is 3.61. The standard InChI is InChI=1S/C10H19N/c1-2-6-10(11)7-9(10)8-4-3-5-8/h8-9H,2-7,11H2,1H3. The Morgan fingerprint density at radius 2 is 2.18 bits per heavy atom. The van der Waals surface area contributed by atoms with Gasteiger partial charge in [-0.25, -0.2) is 0 Å². The second kappa shape index (κ2) is 2.48. The molecule has 0 amide bonds. The average molecular weight is 153 g/mol. The number of hydrogen-bond acceptors (Lipinski definition) is 1. The van der Waals surface area contributed by atoms with Crippen molar-refractivity contribution in [1.29, 1.82) is 0 Å². The fraction of sp³-hybridized carbons (Fsp3) is 1.00. The minimum atomic E-state index is 0.292. The quantitative estimate of drug-likeness (QED) is 0.661. The molecule has 2 rings (SSSR count). The van der Waals surface area contributed by atoms with E-state index in [1.165, 1.54) is 38.5 Å². The summed E-state index contributed by atoms with van der Waals surface area (Å²) in [5.41, 5.74) is 6.50. The molecular weight excluding hydrogens is 134 g/mol. The van der Waals surface area contributed by atoms with Crippen molar-refractivity contribution in [3.05, 3.63) is 0 Å². The Morgan fingerprint density at radius 1 is 1.45 bits per heavy atom. The van der Waals surface area contributed by atoms with E-state index in [2.05, 4.69) is 6.92 Å². The lowest BCUT2D eigenvalue weighted by atomic mass is 9.80. The van der Waals surface area contributed by atoms with Crippen LogP contribution in [0.1, 0.15) is 45.4 Å². The van der Waals surface area contributed by atoms with Crippen molar-refractivity contribution in [1.82, 2.24) is 0 Å². The maximum absolute atomic E-state index is 6.21. The van der Waals surface area contributed by atoms with Gasteiger partial charge in [-0.05, 0) is 24.7 Å². The first-order valence-corrected chi connectivity index (χ1v) is 5.05. The van der Waals surface area contributed by atoms with Gasteiger partial charge in [-0.3, -0.25) is 0 Å². The van der Waals surface area contributed by atoms with Crippen LogP contribution in [0.15, 0.2) is 0 Å². The molecule has 0 radical (unpaired) electrons. The number of nitrogens with two attached hydrogens (primary N) is 1. The van der Waals surface area contributed by atoms with Gasteiger partial charge in [0.05, 0.1) is 0 Å². The Morgan fingerprint density at radius 3 is 2.64 bits per heavy atom. The van der Waals surface area contributed by atoms with Gasteiger partial charge in [0, 0.05) is 5.54 Å². The van der Waals surface area contributed by atoms with Crippen molar-refractivity contribution in [3.8, 4) is 0 Å². The van der Waals surface area contributed by atoms with E-state index in [4.69, 9.17) is 5.73 Å². The lowest BCUT2D eigenvalue weighted by Gasteiger charge is -2.27. The van der Waals surface area contributed by atoms with Gasteiger partial charge in [-0.2, -0.15) is 0 Å². The first kappa shape index (κ1) is 7.60. The number of rotatable bonds is 3. The van der Waals surface area contributed by atoms with Crippen LogP contribution in [-0.2, 0) is 0 Å². The summed E-state index contributed by atoms with van der Waals surface area (Å²) >= 11 is 0. The van der Waals surface area contributed by atoms with E-state index < -0.39 is 0 Å². The van der Waals surface area contributed by atoms with Gasteiger partial charge in [0.2, 0.25) is 0 Å². The van der Waals surface area contributed by atoms with Crippen molar-refractivity contribution < 1.29 is 0 Å². The molecule has 2 saturated carbocycles. The fourth-order valence-electron chi connectivity index (χ4n) is 2.58. The topological polar surface area (TPSA) is 26.0 Å². The maximum Gasteiger partial charge on any atom is 0.0189 e. The number of hydrogen-bond donors (Lipinski definition) is 1. The van der Waals surface area contributed by atoms with Crippen LogP contribution in [-0.4, -0.2) is 5.54 Å². The summed E-state index contributed by atoms with van der Waals surface area (Å²) < 4.78 is 0. The van der Waals surface area contributed by atoms with Gasteiger partial charge in [-0.15, -0.1) is 0 Å². The molecule has 1 heteroatoms. The van der Waals surface area contributed by atoms with Crippen LogP contribution in [0.4, 0.5) is 0 Å². The molecule has 2 atom stereocenters. The average Bonchev–Trinajstić information content (AvgIpc) is 2.39. The molecule has 2 aliphatic rings. The van der Waals surface area contributed by atoms with E-state index in [9.17, 15) is 0 Å².